The number of carbonyl (C=O) groups excluding carboxylic acids is 1. The van der Waals surface area contributed by atoms with Gasteiger partial charge in [0.15, 0.2) is 0 Å². The van der Waals surface area contributed by atoms with Gasteiger partial charge in [0.1, 0.15) is 5.60 Å². The molecule has 17 heavy (non-hydrogen) atoms. The maximum absolute atomic E-state index is 11.5. The fourth-order valence-electron chi connectivity index (χ4n) is 1.96. The molecule has 0 unspecified atom stereocenters. The predicted molar refractivity (Wildman–Crippen MR) is 65.9 cm³/mol. The van der Waals surface area contributed by atoms with E-state index in [2.05, 4.69) is 10.2 Å². The van der Waals surface area contributed by atoms with E-state index in [9.17, 15) is 9.90 Å². The number of hydrogen-bond acceptors (Lipinski definition) is 4. The number of aliphatic hydroxyl groups is 1. The summed E-state index contributed by atoms with van der Waals surface area (Å²) in [7, 11) is 0. The number of β-amino-alcohol motifs (C(OH)–C–C–N with tert-alkyl or cyclic N) is 1. The molecule has 0 saturated carbocycles. The second-order valence-electron chi connectivity index (χ2n) is 5.74. The quantitative estimate of drug-likeness (QED) is 0.776. The molecule has 0 aromatic carbocycles. The minimum Gasteiger partial charge on any atom is -0.444 e. The van der Waals surface area contributed by atoms with E-state index < -0.39 is 5.60 Å². The molecule has 1 amide bonds. The fraction of sp³-hybridized carbons (Fsp3) is 0.917. The molecular weight excluding hydrogens is 220 g/mol. The van der Waals surface area contributed by atoms with Crippen LogP contribution in [0, 0.1) is 0 Å². The van der Waals surface area contributed by atoms with Crippen LogP contribution >= 0.6 is 0 Å². The van der Waals surface area contributed by atoms with Crippen molar-refractivity contribution in [1.29, 1.82) is 0 Å². The Labute approximate surface area is 103 Å². The molecule has 5 nitrogen and oxygen atoms in total. The average Bonchev–Trinajstić information content (AvgIpc) is 2.46. The zero-order valence-electron chi connectivity index (χ0n) is 11.2. The summed E-state index contributed by atoms with van der Waals surface area (Å²) in [5.74, 6) is 0. The van der Waals surface area contributed by atoms with Gasteiger partial charge >= 0.3 is 6.09 Å². The number of aliphatic hydroxyl groups excluding tert-OH is 1. The minimum absolute atomic E-state index is 0.128. The zero-order chi connectivity index (χ0) is 13.1. The molecule has 0 aliphatic carbocycles. The first-order valence-electron chi connectivity index (χ1n) is 6.16. The normalized spacial score (nSPS) is 23.5. The number of alkyl carbamates (subject to hydrolysis) is 1. The fourth-order valence-corrected chi connectivity index (χ4v) is 1.96. The second-order valence-corrected chi connectivity index (χ2v) is 5.74. The Morgan fingerprint density at radius 2 is 2.24 bits per heavy atom. The highest BCUT2D eigenvalue weighted by molar-refractivity contribution is 5.68. The highest BCUT2D eigenvalue weighted by atomic mass is 16.6. The molecule has 2 N–H and O–H groups in total. The Bertz CT molecular complexity index is 261. The lowest BCUT2D eigenvalue weighted by molar-refractivity contribution is 0.0505. The molecule has 1 aliphatic rings. The minimum atomic E-state index is -0.456. The number of ether oxygens (including phenoxy) is 1. The highest BCUT2D eigenvalue weighted by Crippen LogP contribution is 2.11. The van der Waals surface area contributed by atoms with Crippen LogP contribution in [0.4, 0.5) is 4.79 Å². The molecule has 0 spiro atoms. The van der Waals surface area contributed by atoms with E-state index in [-0.39, 0.29) is 18.2 Å². The lowest BCUT2D eigenvalue weighted by Gasteiger charge is -2.22. The summed E-state index contributed by atoms with van der Waals surface area (Å²) in [6, 6.07) is 0.128. The third kappa shape index (κ3) is 5.89. The molecule has 5 heteroatoms. The Morgan fingerprint density at radius 3 is 2.76 bits per heavy atom. The molecule has 1 fully saturated rings. The maximum atomic E-state index is 11.5. The van der Waals surface area contributed by atoms with Crippen molar-refractivity contribution in [3.05, 3.63) is 0 Å². The van der Waals surface area contributed by atoms with Crippen LogP contribution in [0.15, 0.2) is 0 Å². The predicted octanol–water partition coefficient (Wildman–Crippen LogP) is 0.966. The summed E-state index contributed by atoms with van der Waals surface area (Å²) in [5.41, 5.74) is -0.456. The van der Waals surface area contributed by atoms with Gasteiger partial charge < -0.3 is 15.2 Å². The summed E-state index contributed by atoms with van der Waals surface area (Å²) >= 11 is 0. The van der Waals surface area contributed by atoms with Crippen LogP contribution in [-0.4, -0.2) is 53.5 Å². The smallest absolute Gasteiger partial charge is 0.407 e. The van der Waals surface area contributed by atoms with Gasteiger partial charge in [0.25, 0.3) is 0 Å². The molecular formula is C12H24N2O3. The molecule has 1 rings (SSSR count). The van der Waals surface area contributed by atoms with Crippen LogP contribution in [0.2, 0.25) is 0 Å². The summed E-state index contributed by atoms with van der Waals surface area (Å²) in [6.45, 7) is 9.67. The molecule has 1 heterocycles. The van der Waals surface area contributed by atoms with E-state index >= 15 is 0 Å². The highest BCUT2D eigenvalue weighted by Gasteiger charge is 2.26. The zero-order valence-corrected chi connectivity index (χ0v) is 11.2. The van der Waals surface area contributed by atoms with Gasteiger partial charge in [-0.05, 0) is 34.1 Å². The number of nitrogens with one attached hydrogen (secondary N) is 1. The van der Waals surface area contributed by atoms with E-state index in [0.717, 1.165) is 19.5 Å². The number of amides is 1. The van der Waals surface area contributed by atoms with E-state index in [0.29, 0.717) is 6.54 Å². The van der Waals surface area contributed by atoms with Crippen LogP contribution in [0.3, 0.4) is 0 Å². The lowest BCUT2D eigenvalue weighted by Crippen LogP contribution is -2.41. The average molecular weight is 244 g/mol. The van der Waals surface area contributed by atoms with E-state index in [1.165, 1.54) is 0 Å². The Balaban J connectivity index is 2.28. The van der Waals surface area contributed by atoms with Crippen molar-refractivity contribution in [2.24, 2.45) is 0 Å². The van der Waals surface area contributed by atoms with Crippen molar-refractivity contribution >= 4 is 6.09 Å². The van der Waals surface area contributed by atoms with Gasteiger partial charge in [-0.15, -0.1) is 0 Å². The standard InChI is InChI=1S/C12H24N2O3/c1-9(15)7-14-6-5-10(8-14)13-11(16)17-12(2,3)4/h9-10,15H,5-8H2,1-4H3,(H,13,16)/t9-,10-/m1/s1. The summed E-state index contributed by atoms with van der Waals surface area (Å²) in [6.07, 6.45) is 0.225. The van der Waals surface area contributed by atoms with Crippen molar-refractivity contribution in [1.82, 2.24) is 10.2 Å². The largest absolute Gasteiger partial charge is 0.444 e. The number of carbonyl (C=O) groups is 1. The second kappa shape index (κ2) is 5.69. The Hall–Kier alpha value is -0.810. The maximum Gasteiger partial charge on any atom is 0.407 e. The summed E-state index contributed by atoms with van der Waals surface area (Å²) < 4.78 is 5.20. The van der Waals surface area contributed by atoms with E-state index in [1.54, 1.807) is 6.92 Å². The third-order valence-electron chi connectivity index (χ3n) is 2.52. The summed E-state index contributed by atoms with van der Waals surface area (Å²) in [5, 5.41) is 12.1. The first-order chi connectivity index (χ1) is 7.76. The van der Waals surface area contributed by atoms with Crippen molar-refractivity contribution in [2.45, 2.75) is 51.9 Å². The SMILES string of the molecule is C[C@@H](O)CN1CC[C@@H](NC(=O)OC(C)(C)C)C1. The Kier molecular flexibility index (Phi) is 4.77. The Morgan fingerprint density at radius 1 is 1.59 bits per heavy atom. The van der Waals surface area contributed by atoms with Crippen LogP contribution < -0.4 is 5.32 Å². The molecule has 0 aromatic heterocycles. The third-order valence-corrected chi connectivity index (χ3v) is 2.52. The molecule has 100 valence electrons. The van der Waals surface area contributed by atoms with Crippen molar-refractivity contribution < 1.29 is 14.6 Å². The molecule has 1 aliphatic heterocycles. The summed E-state index contributed by atoms with van der Waals surface area (Å²) in [4.78, 5) is 13.7. The van der Waals surface area contributed by atoms with E-state index in [1.807, 2.05) is 20.8 Å². The van der Waals surface area contributed by atoms with Gasteiger partial charge in [-0.1, -0.05) is 0 Å². The van der Waals surface area contributed by atoms with Crippen LogP contribution in [-0.2, 0) is 4.74 Å². The van der Waals surface area contributed by atoms with Gasteiger partial charge in [0, 0.05) is 25.7 Å². The van der Waals surface area contributed by atoms with Gasteiger partial charge in [-0.2, -0.15) is 0 Å². The van der Waals surface area contributed by atoms with Crippen molar-refractivity contribution in [3.8, 4) is 0 Å². The number of likely N-dealkylation sites (tertiary alicyclic amines) is 1. The number of hydrogen-bond donors (Lipinski definition) is 2. The lowest BCUT2D eigenvalue weighted by atomic mass is 10.2. The molecule has 0 aromatic rings. The molecule has 0 radical (unpaired) electrons. The first-order valence-corrected chi connectivity index (χ1v) is 6.16. The van der Waals surface area contributed by atoms with Gasteiger partial charge in [-0.3, -0.25) is 4.90 Å². The van der Waals surface area contributed by atoms with Crippen LogP contribution in [0.5, 0.6) is 0 Å². The van der Waals surface area contributed by atoms with E-state index in [4.69, 9.17) is 4.74 Å². The monoisotopic (exact) mass is 244 g/mol. The molecule has 1 saturated heterocycles. The van der Waals surface area contributed by atoms with Gasteiger partial charge in [-0.25, -0.2) is 4.79 Å². The van der Waals surface area contributed by atoms with Gasteiger partial charge in [0.2, 0.25) is 0 Å². The number of rotatable bonds is 3. The molecule has 0 bridgehead atoms. The van der Waals surface area contributed by atoms with Crippen LogP contribution in [0.1, 0.15) is 34.1 Å². The van der Waals surface area contributed by atoms with Crippen molar-refractivity contribution in [3.63, 3.8) is 0 Å². The topological polar surface area (TPSA) is 61.8 Å². The van der Waals surface area contributed by atoms with Crippen LogP contribution in [0.25, 0.3) is 0 Å². The molecule has 2 atom stereocenters. The number of nitrogens with zero attached hydrogens (tertiary/aromatic N) is 1. The van der Waals surface area contributed by atoms with Crippen molar-refractivity contribution in [2.75, 3.05) is 19.6 Å². The van der Waals surface area contributed by atoms with Gasteiger partial charge in [0.05, 0.1) is 6.10 Å². The first kappa shape index (κ1) is 14.3.